The van der Waals surface area contributed by atoms with Gasteiger partial charge in [0.25, 0.3) is 0 Å². The average molecular weight is 298 g/mol. The quantitative estimate of drug-likeness (QED) is 0.867. The maximum atomic E-state index is 6.06. The number of rotatable bonds is 4. The van der Waals surface area contributed by atoms with Crippen molar-refractivity contribution in [1.29, 1.82) is 0 Å². The molecule has 2 rings (SSSR count). The van der Waals surface area contributed by atoms with Gasteiger partial charge in [0, 0.05) is 35.8 Å². The summed E-state index contributed by atoms with van der Waals surface area (Å²) in [5.41, 5.74) is 0.851. The van der Waals surface area contributed by atoms with Crippen molar-refractivity contribution >= 4 is 29.0 Å². The van der Waals surface area contributed by atoms with Gasteiger partial charge in [-0.1, -0.05) is 29.3 Å². The molecule has 0 unspecified atom stereocenters. The van der Waals surface area contributed by atoms with Crippen LogP contribution in [0, 0.1) is 0 Å². The van der Waals surface area contributed by atoms with Crippen LogP contribution in [-0.2, 0) is 6.61 Å². The van der Waals surface area contributed by atoms with Crippen LogP contribution in [0.4, 0.5) is 5.82 Å². The van der Waals surface area contributed by atoms with Gasteiger partial charge in [-0.3, -0.25) is 0 Å². The number of aromatic nitrogens is 2. The Morgan fingerprint density at radius 3 is 2.47 bits per heavy atom. The standard InChI is InChI=1S/C13H13Cl2N3O/c1-18(2)12-5-6-13(17-16-12)19-8-9-3-4-10(14)7-11(9)15/h3-7H,8H2,1-2H3. The molecule has 0 aliphatic rings. The van der Waals surface area contributed by atoms with Crippen molar-refractivity contribution in [3.63, 3.8) is 0 Å². The van der Waals surface area contributed by atoms with Crippen molar-refractivity contribution in [2.45, 2.75) is 6.61 Å². The first-order chi connectivity index (χ1) is 9.06. The minimum absolute atomic E-state index is 0.325. The van der Waals surface area contributed by atoms with Gasteiger partial charge in [-0.15, -0.1) is 10.2 Å². The Morgan fingerprint density at radius 2 is 1.89 bits per heavy atom. The third-order valence-electron chi connectivity index (χ3n) is 2.47. The van der Waals surface area contributed by atoms with Gasteiger partial charge >= 0.3 is 0 Å². The molecule has 0 spiro atoms. The van der Waals surface area contributed by atoms with Crippen LogP contribution in [0.5, 0.6) is 5.88 Å². The summed E-state index contributed by atoms with van der Waals surface area (Å²) in [4.78, 5) is 1.87. The molecule has 0 atom stereocenters. The first kappa shape index (κ1) is 13.9. The Bertz CT molecular complexity index is 558. The summed E-state index contributed by atoms with van der Waals surface area (Å²) >= 11 is 11.9. The van der Waals surface area contributed by atoms with E-state index >= 15 is 0 Å². The molecule has 0 bridgehead atoms. The van der Waals surface area contributed by atoms with E-state index in [2.05, 4.69) is 10.2 Å². The summed E-state index contributed by atoms with van der Waals surface area (Å²) in [6.07, 6.45) is 0. The average Bonchev–Trinajstić information content (AvgIpc) is 2.38. The lowest BCUT2D eigenvalue weighted by atomic mass is 10.2. The lowest BCUT2D eigenvalue weighted by molar-refractivity contribution is 0.290. The number of hydrogen-bond donors (Lipinski definition) is 0. The van der Waals surface area contributed by atoms with E-state index in [4.69, 9.17) is 27.9 Å². The fourth-order valence-corrected chi connectivity index (χ4v) is 1.88. The Hall–Kier alpha value is -1.52. The topological polar surface area (TPSA) is 38.2 Å². The second-order valence-corrected chi connectivity index (χ2v) is 4.99. The number of anilines is 1. The van der Waals surface area contributed by atoms with E-state index in [9.17, 15) is 0 Å². The molecule has 0 saturated heterocycles. The third-order valence-corrected chi connectivity index (χ3v) is 3.06. The number of hydrogen-bond acceptors (Lipinski definition) is 4. The number of benzene rings is 1. The van der Waals surface area contributed by atoms with E-state index in [-0.39, 0.29) is 0 Å². The highest BCUT2D eigenvalue weighted by Crippen LogP contribution is 2.22. The van der Waals surface area contributed by atoms with E-state index in [1.807, 2.05) is 31.1 Å². The number of nitrogens with zero attached hydrogens (tertiary/aromatic N) is 3. The van der Waals surface area contributed by atoms with Gasteiger partial charge in [0.05, 0.1) is 0 Å². The van der Waals surface area contributed by atoms with E-state index in [0.29, 0.717) is 22.5 Å². The molecule has 0 saturated carbocycles. The first-order valence-corrected chi connectivity index (χ1v) is 6.39. The molecule has 6 heteroatoms. The van der Waals surface area contributed by atoms with Gasteiger partial charge < -0.3 is 9.64 Å². The molecule has 0 fully saturated rings. The minimum Gasteiger partial charge on any atom is -0.472 e. The van der Waals surface area contributed by atoms with E-state index in [1.54, 1.807) is 18.2 Å². The van der Waals surface area contributed by atoms with Gasteiger partial charge in [0.1, 0.15) is 6.61 Å². The summed E-state index contributed by atoms with van der Waals surface area (Å²) in [5.74, 6) is 1.23. The van der Waals surface area contributed by atoms with Gasteiger partial charge in [0.2, 0.25) is 5.88 Å². The van der Waals surface area contributed by atoms with Crippen LogP contribution >= 0.6 is 23.2 Å². The first-order valence-electron chi connectivity index (χ1n) is 5.64. The zero-order valence-corrected chi connectivity index (χ0v) is 12.1. The maximum Gasteiger partial charge on any atom is 0.233 e. The van der Waals surface area contributed by atoms with Crippen molar-refractivity contribution in [2.24, 2.45) is 0 Å². The van der Waals surface area contributed by atoms with Gasteiger partial charge in [0.15, 0.2) is 5.82 Å². The SMILES string of the molecule is CN(C)c1ccc(OCc2ccc(Cl)cc2Cl)nn1. The summed E-state index contributed by atoms with van der Waals surface area (Å²) in [5, 5.41) is 9.18. The normalized spacial score (nSPS) is 10.3. The van der Waals surface area contributed by atoms with Crippen LogP contribution in [0.25, 0.3) is 0 Å². The maximum absolute atomic E-state index is 6.06. The highest BCUT2D eigenvalue weighted by Gasteiger charge is 2.04. The van der Waals surface area contributed by atoms with Gasteiger partial charge in [-0.05, 0) is 18.2 Å². The molecule has 0 radical (unpaired) electrons. The molecule has 0 N–H and O–H groups in total. The Labute approximate surface area is 121 Å². The van der Waals surface area contributed by atoms with Crippen LogP contribution in [0.2, 0.25) is 10.0 Å². The molecular formula is C13H13Cl2N3O. The predicted molar refractivity (Wildman–Crippen MR) is 77.2 cm³/mol. The highest BCUT2D eigenvalue weighted by molar-refractivity contribution is 6.35. The Balaban J connectivity index is 2.02. The third kappa shape index (κ3) is 3.72. The summed E-state index contributed by atoms with van der Waals surface area (Å²) in [7, 11) is 3.80. The Kier molecular flexibility index (Phi) is 4.45. The number of ether oxygens (including phenoxy) is 1. The molecule has 0 amide bonds. The van der Waals surface area contributed by atoms with Crippen LogP contribution < -0.4 is 9.64 Å². The molecule has 2 aromatic rings. The lowest BCUT2D eigenvalue weighted by Crippen LogP contribution is -2.11. The summed E-state index contributed by atoms with van der Waals surface area (Å²) < 4.78 is 5.53. The van der Waals surface area contributed by atoms with Crippen molar-refractivity contribution in [2.75, 3.05) is 19.0 Å². The fraction of sp³-hybridized carbons (Fsp3) is 0.231. The molecule has 0 aliphatic carbocycles. The van der Waals surface area contributed by atoms with Gasteiger partial charge in [-0.25, -0.2) is 0 Å². The fourth-order valence-electron chi connectivity index (χ4n) is 1.42. The molecule has 1 aromatic carbocycles. The van der Waals surface area contributed by atoms with E-state index < -0.39 is 0 Å². The summed E-state index contributed by atoms with van der Waals surface area (Å²) in [6, 6.07) is 8.89. The zero-order valence-electron chi connectivity index (χ0n) is 10.6. The number of halogens is 2. The van der Waals surface area contributed by atoms with Crippen LogP contribution in [0.15, 0.2) is 30.3 Å². The molecule has 19 heavy (non-hydrogen) atoms. The van der Waals surface area contributed by atoms with Crippen molar-refractivity contribution in [3.8, 4) is 5.88 Å². The van der Waals surface area contributed by atoms with Gasteiger partial charge in [-0.2, -0.15) is 0 Å². The molecule has 1 heterocycles. The smallest absolute Gasteiger partial charge is 0.233 e. The molecule has 4 nitrogen and oxygen atoms in total. The van der Waals surface area contributed by atoms with Crippen LogP contribution in [0.1, 0.15) is 5.56 Å². The molecule has 0 aliphatic heterocycles. The predicted octanol–water partition coefficient (Wildman–Crippen LogP) is 3.43. The Morgan fingerprint density at radius 1 is 1.11 bits per heavy atom. The second kappa shape index (κ2) is 6.08. The van der Waals surface area contributed by atoms with Crippen LogP contribution in [0.3, 0.4) is 0 Å². The second-order valence-electron chi connectivity index (χ2n) is 4.15. The minimum atomic E-state index is 0.325. The van der Waals surface area contributed by atoms with Crippen molar-refractivity contribution in [3.05, 3.63) is 45.9 Å². The van der Waals surface area contributed by atoms with E-state index in [0.717, 1.165) is 11.4 Å². The largest absolute Gasteiger partial charge is 0.472 e. The monoisotopic (exact) mass is 297 g/mol. The van der Waals surface area contributed by atoms with Crippen molar-refractivity contribution < 1.29 is 4.74 Å². The molecule has 1 aromatic heterocycles. The van der Waals surface area contributed by atoms with E-state index in [1.165, 1.54) is 0 Å². The molecular weight excluding hydrogens is 285 g/mol. The van der Waals surface area contributed by atoms with Crippen LogP contribution in [-0.4, -0.2) is 24.3 Å². The lowest BCUT2D eigenvalue weighted by Gasteiger charge is -2.11. The van der Waals surface area contributed by atoms with Crippen molar-refractivity contribution in [1.82, 2.24) is 10.2 Å². The zero-order chi connectivity index (χ0) is 13.8. The molecule has 100 valence electrons. The highest BCUT2D eigenvalue weighted by atomic mass is 35.5. The summed E-state index contributed by atoms with van der Waals surface area (Å²) in [6.45, 7) is 0.325.